The van der Waals surface area contributed by atoms with Gasteiger partial charge in [0, 0.05) is 16.3 Å². The Morgan fingerprint density at radius 2 is 2.00 bits per heavy atom. The normalized spacial score (nSPS) is 10.6. The van der Waals surface area contributed by atoms with Crippen molar-refractivity contribution in [1.29, 1.82) is 0 Å². The highest BCUT2D eigenvalue weighted by Crippen LogP contribution is 2.32. The topological polar surface area (TPSA) is 48.1 Å². The number of aryl methyl sites for hydroxylation is 2. The maximum atomic E-state index is 6.22. The van der Waals surface area contributed by atoms with E-state index in [4.69, 9.17) is 22.1 Å². The Bertz CT molecular complexity index is 599. The molecule has 3 nitrogen and oxygen atoms in total. The van der Waals surface area contributed by atoms with Crippen molar-refractivity contribution in [2.45, 2.75) is 26.7 Å². The molecular weight excluding hydrogens is 272 g/mol. The molecule has 20 heavy (non-hydrogen) atoms. The van der Waals surface area contributed by atoms with E-state index in [0.717, 1.165) is 34.9 Å². The molecule has 0 saturated heterocycles. The Hall–Kier alpha value is -1.58. The van der Waals surface area contributed by atoms with Gasteiger partial charge >= 0.3 is 0 Å². The van der Waals surface area contributed by atoms with Gasteiger partial charge in [-0.1, -0.05) is 24.6 Å². The molecule has 2 aromatic rings. The molecular formula is C16H19ClN2O. The molecule has 106 valence electrons. The highest BCUT2D eigenvalue weighted by Gasteiger charge is 2.11. The summed E-state index contributed by atoms with van der Waals surface area (Å²) < 4.78 is 6.02. The first-order valence-corrected chi connectivity index (χ1v) is 7.15. The lowest BCUT2D eigenvalue weighted by molar-refractivity contribution is 0.467. The summed E-state index contributed by atoms with van der Waals surface area (Å²) >= 11 is 6.22. The number of aromatic nitrogens is 1. The molecule has 0 atom stereocenters. The van der Waals surface area contributed by atoms with E-state index in [9.17, 15) is 0 Å². The summed E-state index contributed by atoms with van der Waals surface area (Å²) in [4.78, 5) is 4.50. The Labute approximate surface area is 124 Å². The maximum absolute atomic E-state index is 6.22. The standard InChI is InChI=1S/C16H19ClN2O/c1-3-14-16(8-7-11(2)19-14)20-15-6-4-5-13(17)12(15)9-10-18/h4-8H,3,9-10,18H2,1-2H3. The largest absolute Gasteiger partial charge is 0.455 e. The fourth-order valence-electron chi connectivity index (χ4n) is 2.08. The first-order valence-electron chi connectivity index (χ1n) is 6.77. The highest BCUT2D eigenvalue weighted by atomic mass is 35.5. The minimum Gasteiger partial charge on any atom is -0.455 e. The van der Waals surface area contributed by atoms with E-state index < -0.39 is 0 Å². The molecule has 1 heterocycles. The second-order valence-electron chi connectivity index (χ2n) is 4.61. The van der Waals surface area contributed by atoms with Crippen LogP contribution in [0.3, 0.4) is 0 Å². The number of ether oxygens (including phenoxy) is 1. The highest BCUT2D eigenvalue weighted by molar-refractivity contribution is 6.31. The van der Waals surface area contributed by atoms with Crippen LogP contribution in [0.4, 0.5) is 0 Å². The minimum absolute atomic E-state index is 0.535. The van der Waals surface area contributed by atoms with Crippen LogP contribution in [0.25, 0.3) is 0 Å². The number of pyridine rings is 1. The first kappa shape index (κ1) is 14.8. The molecule has 0 bridgehead atoms. The smallest absolute Gasteiger partial charge is 0.148 e. The number of halogens is 1. The molecule has 0 unspecified atom stereocenters. The zero-order chi connectivity index (χ0) is 14.5. The van der Waals surface area contributed by atoms with Crippen molar-refractivity contribution in [3.63, 3.8) is 0 Å². The fourth-order valence-corrected chi connectivity index (χ4v) is 2.34. The monoisotopic (exact) mass is 290 g/mol. The Balaban J connectivity index is 2.37. The summed E-state index contributed by atoms with van der Waals surface area (Å²) in [5.41, 5.74) is 8.52. The zero-order valence-corrected chi connectivity index (χ0v) is 12.6. The molecule has 0 aliphatic heterocycles. The van der Waals surface area contributed by atoms with Gasteiger partial charge in [0.1, 0.15) is 11.5 Å². The first-order chi connectivity index (χ1) is 9.65. The summed E-state index contributed by atoms with van der Waals surface area (Å²) in [6.07, 6.45) is 1.51. The molecule has 0 spiro atoms. The van der Waals surface area contributed by atoms with Crippen LogP contribution in [0.2, 0.25) is 5.02 Å². The van der Waals surface area contributed by atoms with Crippen molar-refractivity contribution in [3.8, 4) is 11.5 Å². The molecule has 0 amide bonds. The van der Waals surface area contributed by atoms with E-state index in [-0.39, 0.29) is 0 Å². The van der Waals surface area contributed by atoms with E-state index in [1.807, 2.05) is 37.3 Å². The van der Waals surface area contributed by atoms with E-state index in [1.54, 1.807) is 0 Å². The van der Waals surface area contributed by atoms with Gasteiger partial charge in [-0.15, -0.1) is 0 Å². The van der Waals surface area contributed by atoms with Crippen LogP contribution in [0.15, 0.2) is 30.3 Å². The number of nitrogens with two attached hydrogens (primary N) is 1. The van der Waals surface area contributed by atoms with Gasteiger partial charge in [-0.3, -0.25) is 4.98 Å². The van der Waals surface area contributed by atoms with Crippen LogP contribution in [0.5, 0.6) is 11.5 Å². The maximum Gasteiger partial charge on any atom is 0.148 e. The van der Waals surface area contributed by atoms with E-state index in [2.05, 4.69) is 11.9 Å². The molecule has 2 N–H and O–H groups in total. The van der Waals surface area contributed by atoms with Crippen LogP contribution in [-0.4, -0.2) is 11.5 Å². The van der Waals surface area contributed by atoms with E-state index >= 15 is 0 Å². The predicted molar refractivity (Wildman–Crippen MR) is 82.6 cm³/mol. The van der Waals surface area contributed by atoms with E-state index in [0.29, 0.717) is 18.0 Å². The molecule has 0 radical (unpaired) electrons. The third-order valence-electron chi connectivity index (χ3n) is 3.10. The van der Waals surface area contributed by atoms with Gasteiger partial charge in [0.15, 0.2) is 0 Å². The van der Waals surface area contributed by atoms with Gasteiger partial charge in [-0.25, -0.2) is 0 Å². The van der Waals surface area contributed by atoms with Crippen LogP contribution in [-0.2, 0) is 12.8 Å². The molecule has 2 rings (SSSR count). The molecule has 1 aromatic carbocycles. The second kappa shape index (κ2) is 6.73. The number of nitrogens with zero attached hydrogens (tertiary/aromatic N) is 1. The quantitative estimate of drug-likeness (QED) is 0.908. The molecule has 0 saturated carbocycles. The lowest BCUT2D eigenvalue weighted by atomic mass is 10.1. The summed E-state index contributed by atoms with van der Waals surface area (Å²) in [5, 5.41) is 0.686. The predicted octanol–water partition coefficient (Wildman–Crippen LogP) is 3.90. The van der Waals surface area contributed by atoms with Crippen LogP contribution < -0.4 is 10.5 Å². The molecule has 0 aliphatic rings. The molecule has 0 fully saturated rings. The number of hydrogen-bond donors (Lipinski definition) is 1. The van der Waals surface area contributed by atoms with Crippen LogP contribution in [0, 0.1) is 6.92 Å². The Morgan fingerprint density at radius 3 is 2.70 bits per heavy atom. The fraction of sp³-hybridized carbons (Fsp3) is 0.312. The lowest BCUT2D eigenvalue weighted by Crippen LogP contribution is -2.05. The van der Waals surface area contributed by atoms with E-state index in [1.165, 1.54) is 0 Å². The van der Waals surface area contributed by atoms with Crippen molar-refractivity contribution >= 4 is 11.6 Å². The van der Waals surface area contributed by atoms with Crippen molar-refractivity contribution in [1.82, 2.24) is 4.98 Å². The van der Waals surface area contributed by atoms with Gasteiger partial charge in [0.25, 0.3) is 0 Å². The zero-order valence-electron chi connectivity index (χ0n) is 11.8. The van der Waals surface area contributed by atoms with Gasteiger partial charge in [-0.2, -0.15) is 0 Å². The number of benzene rings is 1. The average Bonchev–Trinajstić information content (AvgIpc) is 2.44. The van der Waals surface area contributed by atoms with Crippen molar-refractivity contribution in [3.05, 3.63) is 52.3 Å². The Kier molecular flexibility index (Phi) is 4.99. The van der Waals surface area contributed by atoms with Gasteiger partial charge in [0.05, 0.1) is 5.69 Å². The molecule has 1 aromatic heterocycles. The Morgan fingerprint density at radius 1 is 1.20 bits per heavy atom. The minimum atomic E-state index is 0.535. The van der Waals surface area contributed by atoms with Crippen molar-refractivity contribution < 1.29 is 4.74 Å². The lowest BCUT2D eigenvalue weighted by Gasteiger charge is -2.14. The molecule has 4 heteroatoms. The van der Waals surface area contributed by atoms with Crippen molar-refractivity contribution in [2.75, 3.05) is 6.54 Å². The van der Waals surface area contributed by atoms with Crippen LogP contribution in [0.1, 0.15) is 23.9 Å². The SMILES string of the molecule is CCc1nc(C)ccc1Oc1cccc(Cl)c1CCN. The third-order valence-corrected chi connectivity index (χ3v) is 3.45. The molecule has 0 aliphatic carbocycles. The van der Waals surface area contributed by atoms with Gasteiger partial charge < -0.3 is 10.5 Å². The van der Waals surface area contributed by atoms with Gasteiger partial charge in [-0.05, 0) is 50.6 Å². The summed E-state index contributed by atoms with van der Waals surface area (Å²) in [7, 11) is 0. The van der Waals surface area contributed by atoms with Crippen LogP contribution >= 0.6 is 11.6 Å². The van der Waals surface area contributed by atoms with Crippen molar-refractivity contribution in [2.24, 2.45) is 5.73 Å². The second-order valence-corrected chi connectivity index (χ2v) is 5.02. The average molecular weight is 291 g/mol. The summed E-state index contributed by atoms with van der Waals surface area (Å²) in [6, 6.07) is 9.55. The summed E-state index contributed by atoms with van der Waals surface area (Å²) in [6.45, 7) is 4.57. The number of hydrogen-bond acceptors (Lipinski definition) is 3. The van der Waals surface area contributed by atoms with Gasteiger partial charge in [0.2, 0.25) is 0 Å². The summed E-state index contributed by atoms with van der Waals surface area (Å²) in [5.74, 6) is 1.53. The third kappa shape index (κ3) is 3.30. The number of rotatable bonds is 5.